The number of para-hydroxylation sites is 1. The molecule has 0 aliphatic heterocycles. The number of hydrogen-bond donors (Lipinski definition) is 1. The number of aromatic nitrogens is 3. The van der Waals surface area contributed by atoms with Crippen molar-refractivity contribution in [3.05, 3.63) is 83.3 Å². The summed E-state index contributed by atoms with van der Waals surface area (Å²) < 4.78 is 22.6. The number of nitrogens with zero attached hydrogens (tertiary/aromatic N) is 3. The van der Waals surface area contributed by atoms with Crippen molar-refractivity contribution < 1.29 is 9.13 Å². The van der Waals surface area contributed by atoms with Gasteiger partial charge in [0.2, 0.25) is 0 Å². The number of rotatable bonds is 5. The van der Waals surface area contributed by atoms with Crippen LogP contribution in [0.5, 0.6) is 5.75 Å². The van der Waals surface area contributed by atoms with E-state index in [1.54, 1.807) is 31.5 Å². The third kappa shape index (κ3) is 3.16. The zero-order valence-electron chi connectivity index (χ0n) is 15.4. The van der Waals surface area contributed by atoms with Gasteiger partial charge in [0, 0.05) is 36.6 Å². The summed E-state index contributed by atoms with van der Waals surface area (Å²) in [6.07, 6.45) is 5.04. The number of pyridine rings is 1. The molecule has 0 bridgehead atoms. The van der Waals surface area contributed by atoms with Gasteiger partial charge in [0.25, 0.3) is 0 Å². The van der Waals surface area contributed by atoms with Crippen LogP contribution in [-0.4, -0.2) is 21.6 Å². The van der Waals surface area contributed by atoms with Gasteiger partial charge in [0.1, 0.15) is 23.1 Å². The Kier molecular flexibility index (Phi) is 4.88. The minimum Gasteiger partial charge on any atom is -0.496 e. The monoisotopic (exact) mass is 396 g/mol. The molecule has 2 heterocycles. The first kappa shape index (κ1) is 18.3. The standard InChI is InChI=1S/C21H18ClFN4O/c1-27-12-11-25-21(27)20(14-5-3-4-6-17(14)28-2)26-16-8-7-13-15(22)9-10-24-19(13)18(16)23/h3-12,20,26H,1-2H3. The molecular weight excluding hydrogens is 379 g/mol. The lowest BCUT2D eigenvalue weighted by molar-refractivity contribution is 0.408. The molecule has 4 aromatic rings. The molecule has 1 unspecified atom stereocenters. The molecule has 1 atom stereocenters. The molecule has 7 heteroatoms. The largest absolute Gasteiger partial charge is 0.496 e. The molecule has 0 saturated heterocycles. The first-order valence-electron chi connectivity index (χ1n) is 8.69. The maximum atomic E-state index is 15.2. The van der Waals surface area contributed by atoms with E-state index in [1.165, 1.54) is 6.20 Å². The van der Waals surface area contributed by atoms with Crippen molar-refractivity contribution in [2.24, 2.45) is 7.05 Å². The Hall–Kier alpha value is -3.12. The van der Waals surface area contributed by atoms with E-state index in [9.17, 15) is 0 Å². The summed E-state index contributed by atoms with van der Waals surface area (Å²) in [6.45, 7) is 0. The highest BCUT2D eigenvalue weighted by molar-refractivity contribution is 6.35. The number of imidazole rings is 1. The zero-order chi connectivity index (χ0) is 19.7. The average Bonchev–Trinajstić information content (AvgIpc) is 3.14. The van der Waals surface area contributed by atoms with Gasteiger partial charge in [0.15, 0.2) is 5.82 Å². The fraction of sp³-hybridized carbons (Fsp3) is 0.143. The van der Waals surface area contributed by atoms with Gasteiger partial charge in [-0.25, -0.2) is 9.37 Å². The lowest BCUT2D eigenvalue weighted by atomic mass is 10.0. The van der Waals surface area contributed by atoms with E-state index < -0.39 is 11.9 Å². The SMILES string of the molecule is COc1ccccc1C(Nc1ccc2c(Cl)ccnc2c1F)c1nccn1C. The summed E-state index contributed by atoms with van der Waals surface area (Å²) in [6, 6.07) is 12.2. The van der Waals surface area contributed by atoms with Crippen LogP contribution in [0.3, 0.4) is 0 Å². The van der Waals surface area contributed by atoms with Crippen LogP contribution in [0, 0.1) is 5.82 Å². The summed E-state index contributed by atoms with van der Waals surface area (Å²) >= 11 is 6.17. The molecule has 5 nitrogen and oxygen atoms in total. The Morgan fingerprint density at radius 1 is 1.11 bits per heavy atom. The molecule has 142 valence electrons. The van der Waals surface area contributed by atoms with Crippen LogP contribution in [0.1, 0.15) is 17.4 Å². The topological polar surface area (TPSA) is 52.0 Å². The molecule has 1 N–H and O–H groups in total. The highest BCUT2D eigenvalue weighted by Crippen LogP contribution is 2.34. The minimum absolute atomic E-state index is 0.219. The van der Waals surface area contributed by atoms with Crippen LogP contribution in [0.25, 0.3) is 10.9 Å². The summed E-state index contributed by atoms with van der Waals surface area (Å²) in [4.78, 5) is 8.61. The first-order valence-corrected chi connectivity index (χ1v) is 9.07. The van der Waals surface area contributed by atoms with E-state index in [4.69, 9.17) is 16.3 Å². The second-order valence-corrected chi connectivity index (χ2v) is 6.74. The molecule has 0 radical (unpaired) electrons. The van der Waals surface area contributed by atoms with Crippen molar-refractivity contribution in [3.8, 4) is 5.75 Å². The van der Waals surface area contributed by atoms with Crippen LogP contribution < -0.4 is 10.1 Å². The molecule has 0 spiro atoms. The quantitative estimate of drug-likeness (QED) is 0.517. The second kappa shape index (κ2) is 7.48. The van der Waals surface area contributed by atoms with E-state index in [0.29, 0.717) is 21.8 Å². The van der Waals surface area contributed by atoms with Crippen LogP contribution in [-0.2, 0) is 7.05 Å². The highest BCUT2D eigenvalue weighted by Gasteiger charge is 2.23. The van der Waals surface area contributed by atoms with Crippen molar-refractivity contribution in [1.29, 1.82) is 0 Å². The fourth-order valence-corrected chi connectivity index (χ4v) is 3.47. The Bertz CT molecular complexity index is 1140. The number of nitrogens with one attached hydrogen (secondary N) is 1. The van der Waals surface area contributed by atoms with E-state index in [2.05, 4.69) is 15.3 Å². The van der Waals surface area contributed by atoms with Crippen molar-refractivity contribution >= 4 is 28.2 Å². The normalized spacial score (nSPS) is 12.1. The second-order valence-electron chi connectivity index (χ2n) is 6.33. The fourth-order valence-electron chi connectivity index (χ4n) is 3.26. The third-order valence-electron chi connectivity index (χ3n) is 4.66. The number of anilines is 1. The van der Waals surface area contributed by atoms with Crippen molar-refractivity contribution in [2.75, 3.05) is 12.4 Å². The minimum atomic E-state index is -0.464. The number of methoxy groups -OCH3 is 1. The molecule has 0 aliphatic rings. The molecule has 0 aliphatic carbocycles. The maximum Gasteiger partial charge on any atom is 0.172 e. The first-order chi connectivity index (χ1) is 13.6. The predicted octanol–water partition coefficient (Wildman–Crippen LogP) is 4.97. The van der Waals surface area contributed by atoms with Gasteiger partial charge in [-0.05, 0) is 24.3 Å². The van der Waals surface area contributed by atoms with Crippen molar-refractivity contribution in [1.82, 2.24) is 14.5 Å². The molecular formula is C21H18ClFN4O. The van der Waals surface area contributed by atoms with Crippen molar-refractivity contribution in [3.63, 3.8) is 0 Å². The molecule has 0 saturated carbocycles. The number of ether oxygens (including phenoxy) is 1. The molecule has 28 heavy (non-hydrogen) atoms. The van der Waals surface area contributed by atoms with Gasteiger partial charge in [0.05, 0.1) is 17.8 Å². The van der Waals surface area contributed by atoms with Gasteiger partial charge >= 0.3 is 0 Å². The molecule has 0 fully saturated rings. The van der Waals surface area contributed by atoms with E-state index in [0.717, 1.165) is 11.4 Å². The van der Waals surface area contributed by atoms with Crippen molar-refractivity contribution in [2.45, 2.75) is 6.04 Å². The van der Waals surface area contributed by atoms with E-state index >= 15 is 4.39 Å². The number of aryl methyl sites for hydroxylation is 1. The smallest absolute Gasteiger partial charge is 0.172 e. The summed E-state index contributed by atoms with van der Waals surface area (Å²) in [5.74, 6) is 0.947. The van der Waals surface area contributed by atoms with Crippen LogP contribution in [0.2, 0.25) is 5.02 Å². The third-order valence-corrected chi connectivity index (χ3v) is 4.99. The molecule has 2 aromatic heterocycles. The summed E-state index contributed by atoms with van der Waals surface area (Å²) in [7, 11) is 3.50. The van der Waals surface area contributed by atoms with Gasteiger partial charge in [-0.2, -0.15) is 0 Å². The highest BCUT2D eigenvalue weighted by atomic mass is 35.5. The molecule has 4 rings (SSSR count). The average molecular weight is 397 g/mol. The number of fused-ring (bicyclic) bond motifs is 1. The number of hydrogen-bond acceptors (Lipinski definition) is 4. The van der Waals surface area contributed by atoms with E-state index in [1.807, 2.05) is 42.1 Å². The van der Waals surface area contributed by atoms with Gasteiger partial charge in [-0.15, -0.1) is 0 Å². The van der Waals surface area contributed by atoms with E-state index in [-0.39, 0.29) is 5.52 Å². The van der Waals surface area contributed by atoms with Crippen LogP contribution in [0.15, 0.2) is 61.1 Å². The lowest BCUT2D eigenvalue weighted by Gasteiger charge is -2.22. The summed E-state index contributed by atoms with van der Waals surface area (Å²) in [5, 5.41) is 4.30. The zero-order valence-corrected chi connectivity index (χ0v) is 16.1. The van der Waals surface area contributed by atoms with Crippen LogP contribution in [0.4, 0.5) is 10.1 Å². The maximum absolute atomic E-state index is 15.2. The Morgan fingerprint density at radius 3 is 2.68 bits per heavy atom. The Balaban J connectivity index is 1.84. The van der Waals surface area contributed by atoms with Gasteiger partial charge in [-0.3, -0.25) is 4.98 Å². The number of benzene rings is 2. The van der Waals surface area contributed by atoms with Gasteiger partial charge in [-0.1, -0.05) is 29.8 Å². The Morgan fingerprint density at radius 2 is 1.93 bits per heavy atom. The summed E-state index contributed by atoms with van der Waals surface area (Å²) in [5.41, 5.74) is 1.37. The molecule has 0 amide bonds. The number of halogens is 2. The Labute approximate surface area is 166 Å². The van der Waals surface area contributed by atoms with Gasteiger partial charge < -0.3 is 14.6 Å². The van der Waals surface area contributed by atoms with Crippen LogP contribution >= 0.6 is 11.6 Å². The molecule has 2 aromatic carbocycles. The lowest BCUT2D eigenvalue weighted by Crippen LogP contribution is -2.18. The predicted molar refractivity (Wildman–Crippen MR) is 108 cm³/mol.